The van der Waals surface area contributed by atoms with E-state index in [2.05, 4.69) is 28.8 Å². The first-order valence-corrected chi connectivity index (χ1v) is 13.0. The maximum absolute atomic E-state index is 13.1. The van der Waals surface area contributed by atoms with Gasteiger partial charge in [-0.2, -0.15) is 0 Å². The fourth-order valence-corrected chi connectivity index (χ4v) is 3.96. The first kappa shape index (κ1) is 26.5. The number of aromatic nitrogens is 1. The van der Waals surface area contributed by atoms with E-state index in [1.165, 1.54) is 31.4 Å². The van der Waals surface area contributed by atoms with Gasteiger partial charge in [-0.15, -0.1) is 5.06 Å². The molecule has 37 heavy (non-hydrogen) atoms. The van der Waals surface area contributed by atoms with Gasteiger partial charge in [-0.05, 0) is 61.7 Å². The van der Waals surface area contributed by atoms with Crippen LogP contribution in [0.15, 0.2) is 86.9 Å². The summed E-state index contributed by atoms with van der Waals surface area (Å²) in [7, 11) is 0. The molecule has 3 aromatic rings. The van der Waals surface area contributed by atoms with Gasteiger partial charge in [0.05, 0.1) is 19.0 Å². The zero-order valence-corrected chi connectivity index (χ0v) is 21.6. The van der Waals surface area contributed by atoms with Crippen molar-refractivity contribution in [2.24, 2.45) is 9.98 Å². The monoisotopic (exact) mass is 502 g/mol. The van der Waals surface area contributed by atoms with Gasteiger partial charge in [-0.1, -0.05) is 50.1 Å². The Morgan fingerprint density at radius 1 is 1.14 bits per heavy atom. The third kappa shape index (κ3) is 8.22. The first-order valence-electron chi connectivity index (χ1n) is 13.0. The normalized spacial score (nSPS) is 15.8. The van der Waals surface area contributed by atoms with Gasteiger partial charge in [-0.3, -0.25) is 9.98 Å². The van der Waals surface area contributed by atoms with E-state index in [9.17, 15) is 4.39 Å². The number of unbranched alkanes of at least 4 members (excludes halogenated alkanes) is 2. The number of nitrogens with zero attached hydrogens (tertiary/aromatic N) is 4. The summed E-state index contributed by atoms with van der Waals surface area (Å²) in [6, 6.07) is 14.1. The van der Waals surface area contributed by atoms with Crippen LogP contribution in [0.1, 0.15) is 56.9 Å². The van der Waals surface area contributed by atoms with Crippen LogP contribution < -0.4 is 0 Å². The van der Waals surface area contributed by atoms with Crippen molar-refractivity contribution in [3.05, 3.63) is 89.8 Å². The molecule has 4 rings (SSSR count). The molecule has 0 unspecified atom stereocenters. The zero-order valence-electron chi connectivity index (χ0n) is 21.6. The van der Waals surface area contributed by atoms with Gasteiger partial charge >= 0.3 is 0 Å². The van der Waals surface area contributed by atoms with Gasteiger partial charge in [0, 0.05) is 25.0 Å². The van der Waals surface area contributed by atoms with Crippen molar-refractivity contribution in [3.8, 4) is 0 Å². The smallest absolute Gasteiger partial charge is 0.201 e. The zero-order chi connectivity index (χ0) is 25.9. The highest BCUT2D eigenvalue weighted by Gasteiger charge is 2.34. The van der Waals surface area contributed by atoms with E-state index < -0.39 is 0 Å². The van der Waals surface area contributed by atoms with Crippen molar-refractivity contribution < 1.29 is 13.6 Å². The molecule has 2 aromatic carbocycles. The third-order valence-corrected chi connectivity index (χ3v) is 6.14. The maximum Gasteiger partial charge on any atom is 0.201 e. The quantitative estimate of drug-likeness (QED) is 0.110. The minimum Gasteiger partial charge on any atom is -0.440 e. The predicted octanol–water partition coefficient (Wildman–Crippen LogP) is 6.90. The average Bonchev–Trinajstić information content (AvgIpc) is 3.30. The molecule has 0 saturated carbocycles. The van der Waals surface area contributed by atoms with Gasteiger partial charge in [0.1, 0.15) is 17.1 Å². The molecule has 0 aliphatic carbocycles. The summed E-state index contributed by atoms with van der Waals surface area (Å²) in [5, 5.41) is 1.91. The molecule has 0 N–H and O–H groups in total. The fraction of sp³-hybridized carbons (Fsp3) is 0.367. The van der Waals surface area contributed by atoms with Gasteiger partial charge in [0.2, 0.25) is 5.89 Å². The van der Waals surface area contributed by atoms with E-state index in [-0.39, 0.29) is 11.7 Å². The van der Waals surface area contributed by atoms with E-state index in [1.54, 1.807) is 18.3 Å². The minimum absolute atomic E-state index is 0.205. The number of hydrogen-bond donors (Lipinski definition) is 0. The Hall–Kier alpha value is -3.58. The van der Waals surface area contributed by atoms with Crippen molar-refractivity contribution >= 4 is 23.0 Å². The van der Waals surface area contributed by atoms with Crippen LogP contribution in [0, 0.1) is 5.82 Å². The van der Waals surface area contributed by atoms with Gasteiger partial charge in [0.25, 0.3) is 0 Å². The van der Waals surface area contributed by atoms with Crippen LogP contribution in [0.4, 0.5) is 4.39 Å². The topological polar surface area (TPSA) is 63.2 Å². The first-order chi connectivity index (χ1) is 18.1. The summed E-state index contributed by atoms with van der Waals surface area (Å²) in [5.74, 6) is 1.44. The van der Waals surface area contributed by atoms with Crippen LogP contribution in [-0.4, -0.2) is 48.2 Å². The SMILES string of the molecule is CCCCCC(C)=NC/C=C(\C=C/CN=Cc1ccc(F)cc1)ON1CC(c2nc3ccccc3o2)C1. The Balaban J connectivity index is 1.33. The van der Waals surface area contributed by atoms with E-state index in [0.717, 1.165) is 40.4 Å². The van der Waals surface area contributed by atoms with Crippen molar-refractivity contribution in [2.75, 3.05) is 26.2 Å². The third-order valence-electron chi connectivity index (χ3n) is 6.14. The van der Waals surface area contributed by atoms with E-state index in [1.807, 2.05) is 47.6 Å². The maximum atomic E-state index is 13.1. The molecule has 1 aromatic heterocycles. The lowest BCUT2D eigenvalue weighted by atomic mass is 10.0. The van der Waals surface area contributed by atoms with Gasteiger partial charge in [0.15, 0.2) is 5.58 Å². The molecule has 0 bridgehead atoms. The molecule has 1 aliphatic heterocycles. The number of rotatable bonds is 13. The Kier molecular flexibility index (Phi) is 9.77. The summed E-state index contributed by atoms with van der Waals surface area (Å²) in [6.07, 6.45) is 12.3. The number of halogens is 1. The van der Waals surface area contributed by atoms with Crippen LogP contribution in [0.2, 0.25) is 0 Å². The number of allylic oxidation sites excluding steroid dienone is 1. The molecular weight excluding hydrogens is 467 g/mol. The van der Waals surface area contributed by atoms with Crippen LogP contribution >= 0.6 is 0 Å². The molecule has 7 heteroatoms. The number of para-hydroxylation sites is 2. The highest BCUT2D eigenvalue weighted by atomic mass is 19.1. The van der Waals surface area contributed by atoms with Crippen molar-refractivity contribution in [2.45, 2.75) is 45.4 Å². The summed E-state index contributed by atoms with van der Waals surface area (Å²) in [4.78, 5) is 19.8. The lowest BCUT2D eigenvalue weighted by Gasteiger charge is -2.36. The number of hydrogen-bond acceptors (Lipinski definition) is 6. The van der Waals surface area contributed by atoms with Crippen LogP contribution in [-0.2, 0) is 4.84 Å². The van der Waals surface area contributed by atoms with E-state index >= 15 is 0 Å². The molecular formula is C30H35FN4O2. The molecule has 1 aliphatic rings. The number of hydroxylamine groups is 2. The average molecular weight is 503 g/mol. The Morgan fingerprint density at radius 2 is 1.95 bits per heavy atom. The molecule has 2 heterocycles. The molecule has 0 spiro atoms. The number of benzene rings is 2. The minimum atomic E-state index is -0.253. The number of oxazole rings is 1. The van der Waals surface area contributed by atoms with Gasteiger partial charge in [-0.25, -0.2) is 9.37 Å². The van der Waals surface area contributed by atoms with Crippen LogP contribution in [0.3, 0.4) is 0 Å². The van der Waals surface area contributed by atoms with Crippen molar-refractivity contribution in [1.29, 1.82) is 0 Å². The summed E-state index contributed by atoms with van der Waals surface area (Å²) < 4.78 is 19.0. The Bertz CT molecular complexity index is 1220. The summed E-state index contributed by atoms with van der Waals surface area (Å²) in [5.41, 5.74) is 3.72. The van der Waals surface area contributed by atoms with Crippen LogP contribution in [0.25, 0.3) is 11.1 Å². The highest BCUT2D eigenvalue weighted by molar-refractivity contribution is 5.82. The molecule has 1 saturated heterocycles. The van der Waals surface area contributed by atoms with E-state index in [0.29, 0.717) is 26.2 Å². The fourth-order valence-electron chi connectivity index (χ4n) is 3.96. The van der Waals surface area contributed by atoms with Gasteiger partial charge < -0.3 is 9.25 Å². The predicted molar refractivity (Wildman–Crippen MR) is 148 cm³/mol. The van der Waals surface area contributed by atoms with Crippen molar-refractivity contribution in [3.63, 3.8) is 0 Å². The van der Waals surface area contributed by atoms with E-state index in [4.69, 9.17) is 9.25 Å². The second kappa shape index (κ2) is 13.7. The second-order valence-corrected chi connectivity index (χ2v) is 9.24. The summed E-state index contributed by atoms with van der Waals surface area (Å²) >= 11 is 0. The molecule has 0 atom stereocenters. The molecule has 0 amide bonds. The summed E-state index contributed by atoms with van der Waals surface area (Å²) in [6.45, 7) is 6.77. The molecule has 1 fully saturated rings. The van der Waals surface area contributed by atoms with Crippen molar-refractivity contribution in [1.82, 2.24) is 10.0 Å². The second-order valence-electron chi connectivity index (χ2n) is 9.24. The van der Waals surface area contributed by atoms with Crippen LogP contribution in [0.5, 0.6) is 0 Å². The Morgan fingerprint density at radius 3 is 2.73 bits per heavy atom. The molecule has 0 radical (unpaired) electrons. The standard InChI is InChI=1S/C30H35FN4O2/c1-3-4-5-9-23(2)33-19-17-27(10-8-18-32-20-24-13-15-26(31)16-14-24)37-35-21-25(22-35)30-34-28-11-6-7-12-29(28)36-30/h6-8,10-17,20,25H,3-5,9,18-19,21-22H2,1-2H3/b10-8-,27-17+,32-20?,33-23?. The highest BCUT2D eigenvalue weighted by Crippen LogP contribution is 2.30. The number of aliphatic imine (C=N–C) groups is 2. The molecule has 194 valence electrons. The molecule has 6 nitrogen and oxygen atoms in total. The lowest BCUT2D eigenvalue weighted by Crippen LogP contribution is -2.44. The largest absolute Gasteiger partial charge is 0.440 e. The lowest BCUT2D eigenvalue weighted by molar-refractivity contribution is -0.171. The Labute approximate surface area is 218 Å². The number of fused-ring (bicyclic) bond motifs is 1.